The Labute approximate surface area is 115 Å². The first-order valence-electron chi connectivity index (χ1n) is 7.30. The average molecular weight is 264 g/mol. The van der Waals surface area contributed by atoms with Gasteiger partial charge in [-0.2, -0.15) is 0 Å². The Kier molecular flexibility index (Phi) is 3.91. The lowest BCUT2D eigenvalue weighted by Gasteiger charge is -2.42. The summed E-state index contributed by atoms with van der Waals surface area (Å²) in [5.74, 6) is 0.848. The maximum Gasteiger partial charge on any atom is 0.0406 e. The minimum atomic E-state index is 0.846. The molecule has 0 bridgehead atoms. The predicted octanol–water partition coefficient (Wildman–Crippen LogP) is 4.15. The highest BCUT2D eigenvalue weighted by atomic mass is 35.5. The van der Waals surface area contributed by atoms with Gasteiger partial charge >= 0.3 is 0 Å². The molecule has 2 aliphatic heterocycles. The van der Waals surface area contributed by atoms with Crippen LogP contribution in [0.25, 0.3) is 0 Å². The Bertz CT molecular complexity index is 387. The molecule has 1 nitrogen and oxygen atoms in total. The maximum atomic E-state index is 5.94. The third-order valence-electron chi connectivity index (χ3n) is 4.59. The lowest BCUT2D eigenvalue weighted by Crippen LogP contribution is -2.46. The summed E-state index contributed by atoms with van der Waals surface area (Å²) in [6.45, 7) is 2.65. The van der Waals surface area contributed by atoms with Gasteiger partial charge in [0, 0.05) is 17.6 Å². The van der Waals surface area contributed by atoms with Crippen LogP contribution in [0.3, 0.4) is 0 Å². The molecule has 0 saturated carbocycles. The SMILES string of the molecule is Clc1ccc(CC2CCC3CCCCN3C2)cc1. The van der Waals surface area contributed by atoms with Crippen LogP contribution >= 0.6 is 11.6 Å². The summed E-state index contributed by atoms with van der Waals surface area (Å²) >= 11 is 5.94. The summed E-state index contributed by atoms with van der Waals surface area (Å²) in [7, 11) is 0. The molecule has 2 fully saturated rings. The summed E-state index contributed by atoms with van der Waals surface area (Å²) in [6.07, 6.45) is 8.34. The zero-order chi connectivity index (χ0) is 12.4. The molecule has 2 aliphatic rings. The van der Waals surface area contributed by atoms with E-state index in [1.165, 1.54) is 57.2 Å². The van der Waals surface area contributed by atoms with Crippen LogP contribution < -0.4 is 0 Å². The summed E-state index contributed by atoms with van der Waals surface area (Å²) in [5.41, 5.74) is 1.44. The Morgan fingerprint density at radius 3 is 2.72 bits per heavy atom. The second kappa shape index (κ2) is 5.63. The molecular formula is C16H22ClN. The van der Waals surface area contributed by atoms with E-state index in [1.807, 2.05) is 12.1 Å². The van der Waals surface area contributed by atoms with Crippen molar-refractivity contribution in [1.82, 2.24) is 4.90 Å². The standard InChI is InChI=1S/C16H22ClN/c17-15-7-4-13(5-8-15)11-14-6-9-16-3-1-2-10-18(16)12-14/h4-5,7-8,14,16H,1-3,6,9-12H2. The molecular weight excluding hydrogens is 242 g/mol. The van der Waals surface area contributed by atoms with E-state index in [-0.39, 0.29) is 0 Å². The van der Waals surface area contributed by atoms with Gasteiger partial charge in [0.2, 0.25) is 0 Å². The van der Waals surface area contributed by atoms with Gasteiger partial charge in [-0.25, -0.2) is 0 Å². The molecule has 2 unspecified atom stereocenters. The molecule has 2 atom stereocenters. The lowest BCUT2D eigenvalue weighted by molar-refractivity contribution is 0.0753. The third-order valence-corrected chi connectivity index (χ3v) is 4.84. The number of benzene rings is 1. The minimum Gasteiger partial charge on any atom is -0.300 e. The fourth-order valence-corrected chi connectivity index (χ4v) is 3.72. The first-order chi connectivity index (χ1) is 8.81. The molecule has 0 radical (unpaired) electrons. The van der Waals surface area contributed by atoms with Gasteiger partial charge in [-0.05, 0) is 62.3 Å². The monoisotopic (exact) mass is 263 g/mol. The van der Waals surface area contributed by atoms with Crippen LogP contribution in [-0.4, -0.2) is 24.0 Å². The number of piperidine rings is 2. The largest absolute Gasteiger partial charge is 0.300 e. The first kappa shape index (κ1) is 12.5. The van der Waals surface area contributed by atoms with E-state index >= 15 is 0 Å². The van der Waals surface area contributed by atoms with Crippen molar-refractivity contribution in [3.8, 4) is 0 Å². The van der Waals surface area contributed by atoms with E-state index in [1.54, 1.807) is 0 Å². The molecule has 0 aliphatic carbocycles. The highest BCUT2D eigenvalue weighted by Crippen LogP contribution is 2.30. The van der Waals surface area contributed by atoms with Gasteiger partial charge in [-0.15, -0.1) is 0 Å². The molecule has 3 rings (SSSR count). The fourth-order valence-electron chi connectivity index (χ4n) is 3.60. The highest BCUT2D eigenvalue weighted by Gasteiger charge is 2.29. The van der Waals surface area contributed by atoms with Gasteiger partial charge in [-0.3, -0.25) is 0 Å². The van der Waals surface area contributed by atoms with Crippen molar-refractivity contribution in [1.29, 1.82) is 0 Å². The number of rotatable bonds is 2. The Morgan fingerprint density at radius 2 is 1.89 bits per heavy atom. The van der Waals surface area contributed by atoms with E-state index in [2.05, 4.69) is 17.0 Å². The van der Waals surface area contributed by atoms with Crippen LogP contribution in [0.2, 0.25) is 5.02 Å². The molecule has 2 heteroatoms. The van der Waals surface area contributed by atoms with E-state index in [9.17, 15) is 0 Å². The predicted molar refractivity (Wildman–Crippen MR) is 77.1 cm³/mol. The van der Waals surface area contributed by atoms with Gasteiger partial charge in [-0.1, -0.05) is 30.2 Å². The Morgan fingerprint density at radius 1 is 1.06 bits per heavy atom. The summed E-state index contributed by atoms with van der Waals surface area (Å²) in [5, 5.41) is 0.846. The van der Waals surface area contributed by atoms with Crippen molar-refractivity contribution in [2.75, 3.05) is 13.1 Å². The molecule has 0 N–H and O–H groups in total. The number of halogens is 1. The van der Waals surface area contributed by atoms with Gasteiger partial charge < -0.3 is 4.90 Å². The molecule has 2 saturated heterocycles. The second-order valence-corrected chi connectivity index (χ2v) is 6.35. The summed E-state index contributed by atoms with van der Waals surface area (Å²) < 4.78 is 0. The third kappa shape index (κ3) is 2.89. The Hall–Kier alpha value is -0.530. The van der Waals surface area contributed by atoms with Crippen LogP contribution in [0.4, 0.5) is 0 Å². The van der Waals surface area contributed by atoms with Crippen LogP contribution in [0, 0.1) is 5.92 Å². The second-order valence-electron chi connectivity index (χ2n) is 5.92. The first-order valence-corrected chi connectivity index (χ1v) is 7.67. The average Bonchev–Trinajstić information content (AvgIpc) is 2.41. The Balaban J connectivity index is 1.59. The number of fused-ring (bicyclic) bond motifs is 1. The lowest BCUT2D eigenvalue weighted by atomic mass is 9.84. The van der Waals surface area contributed by atoms with Crippen molar-refractivity contribution in [3.05, 3.63) is 34.9 Å². The van der Waals surface area contributed by atoms with Crippen LogP contribution in [-0.2, 0) is 6.42 Å². The van der Waals surface area contributed by atoms with Gasteiger partial charge in [0.15, 0.2) is 0 Å². The molecule has 18 heavy (non-hydrogen) atoms. The van der Waals surface area contributed by atoms with E-state index < -0.39 is 0 Å². The van der Waals surface area contributed by atoms with Crippen molar-refractivity contribution < 1.29 is 0 Å². The topological polar surface area (TPSA) is 3.24 Å². The molecule has 0 amide bonds. The zero-order valence-electron chi connectivity index (χ0n) is 10.9. The quantitative estimate of drug-likeness (QED) is 0.775. The molecule has 1 aromatic carbocycles. The minimum absolute atomic E-state index is 0.846. The highest BCUT2D eigenvalue weighted by molar-refractivity contribution is 6.30. The molecule has 2 heterocycles. The number of nitrogens with zero attached hydrogens (tertiary/aromatic N) is 1. The molecule has 1 aromatic rings. The van der Waals surface area contributed by atoms with Crippen molar-refractivity contribution in [2.45, 2.75) is 44.6 Å². The fraction of sp³-hybridized carbons (Fsp3) is 0.625. The van der Waals surface area contributed by atoms with Crippen LogP contribution in [0.1, 0.15) is 37.7 Å². The van der Waals surface area contributed by atoms with Gasteiger partial charge in [0.1, 0.15) is 0 Å². The number of hydrogen-bond acceptors (Lipinski definition) is 1. The van der Waals surface area contributed by atoms with Crippen LogP contribution in [0.5, 0.6) is 0 Å². The smallest absolute Gasteiger partial charge is 0.0406 e. The summed E-state index contributed by atoms with van der Waals surface area (Å²) in [6, 6.07) is 9.31. The van der Waals surface area contributed by atoms with Crippen molar-refractivity contribution in [2.24, 2.45) is 5.92 Å². The van der Waals surface area contributed by atoms with Crippen molar-refractivity contribution >= 4 is 11.6 Å². The number of hydrogen-bond donors (Lipinski definition) is 0. The van der Waals surface area contributed by atoms with E-state index in [0.717, 1.165) is 17.0 Å². The zero-order valence-corrected chi connectivity index (χ0v) is 11.7. The normalized spacial score (nSPS) is 28.9. The van der Waals surface area contributed by atoms with E-state index in [4.69, 9.17) is 11.6 Å². The molecule has 0 spiro atoms. The molecule has 98 valence electrons. The maximum absolute atomic E-state index is 5.94. The molecule has 0 aromatic heterocycles. The van der Waals surface area contributed by atoms with Crippen LogP contribution in [0.15, 0.2) is 24.3 Å². The van der Waals surface area contributed by atoms with Crippen molar-refractivity contribution in [3.63, 3.8) is 0 Å². The van der Waals surface area contributed by atoms with E-state index in [0.29, 0.717) is 0 Å². The summed E-state index contributed by atoms with van der Waals surface area (Å²) in [4.78, 5) is 2.74. The van der Waals surface area contributed by atoms with Gasteiger partial charge in [0.25, 0.3) is 0 Å². The van der Waals surface area contributed by atoms with Gasteiger partial charge in [0.05, 0.1) is 0 Å².